The Labute approximate surface area is 143 Å². The second-order valence-electron chi connectivity index (χ2n) is 6.17. The maximum atomic E-state index is 12.1. The van der Waals surface area contributed by atoms with Gasteiger partial charge >= 0.3 is 0 Å². The lowest BCUT2D eigenvalue weighted by molar-refractivity contribution is -0.116. The van der Waals surface area contributed by atoms with Gasteiger partial charge < -0.3 is 5.32 Å². The first kappa shape index (κ1) is 15.0. The van der Waals surface area contributed by atoms with Crippen molar-refractivity contribution in [3.8, 4) is 11.3 Å². The second-order valence-corrected chi connectivity index (χ2v) is 7.06. The smallest absolute Gasteiger partial charge is 0.226 e. The van der Waals surface area contributed by atoms with Gasteiger partial charge in [0.25, 0.3) is 0 Å². The normalized spacial score (nSPS) is 17.0. The first-order valence-corrected chi connectivity index (χ1v) is 8.75. The fourth-order valence-electron chi connectivity index (χ4n) is 2.92. The summed E-state index contributed by atoms with van der Waals surface area (Å²) >= 11 is 1.61. The average molecular weight is 339 g/mol. The van der Waals surface area contributed by atoms with Crippen LogP contribution in [0.15, 0.2) is 29.9 Å². The number of hydrogen-bond donors (Lipinski definition) is 2. The average Bonchev–Trinajstić information content (AvgIpc) is 3.22. The molecule has 0 saturated carbocycles. The highest BCUT2D eigenvalue weighted by Crippen LogP contribution is 2.42. The highest BCUT2D eigenvalue weighted by Gasteiger charge is 2.33. The summed E-state index contributed by atoms with van der Waals surface area (Å²) in [5.41, 5.74) is 3.90. The van der Waals surface area contributed by atoms with Gasteiger partial charge in [0.2, 0.25) is 5.91 Å². The maximum absolute atomic E-state index is 12.1. The van der Waals surface area contributed by atoms with Gasteiger partial charge in [-0.1, -0.05) is 13.8 Å². The molecule has 2 N–H and O–H groups in total. The topological polar surface area (TPSA) is 83.6 Å². The number of hydrogen-bond acceptors (Lipinski definition) is 5. The predicted octanol–water partition coefficient (Wildman–Crippen LogP) is 3.53. The van der Waals surface area contributed by atoms with Crippen LogP contribution in [0, 0.1) is 0 Å². The molecule has 1 amide bonds. The molecule has 6 nitrogen and oxygen atoms in total. The first-order chi connectivity index (χ1) is 11.6. The van der Waals surface area contributed by atoms with E-state index in [9.17, 15) is 4.79 Å². The number of amides is 1. The van der Waals surface area contributed by atoms with E-state index in [-0.39, 0.29) is 11.8 Å². The molecule has 7 heteroatoms. The Morgan fingerprint density at radius 1 is 1.38 bits per heavy atom. The van der Waals surface area contributed by atoms with Crippen LogP contribution in [0.1, 0.15) is 48.4 Å². The van der Waals surface area contributed by atoms with Crippen molar-refractivity contribution in [1.82, 2.24) is 20.2 Å². The lowest BCUT2D eigenvalue weighted by Gasteiger charge is -2.21. The highest BCUT2D eigenvalue weighted by atomic mass is 32.1. The summed E-state index contributed by atoms with van der Waals surface area (Å²) in [6.07, 6.45) is 3.91. The molecule has 4 rings (SSSR count). The summed E-state index contributed by atoms with van der Waals surface area (Å²) in [4.78, 5) is 21.0. The van der Waals surface area contributed by atoms with Gasteiger partial charge in [0.15, 0.2) is 5.82 Å². The van der Waals surface area contributed by atoms with E-state index < -0.39 is 0 Å². The Hall–Kier alpha value is -2.54. The number of aromatic amines is 1. The number of nitrogens with one attached hydrogen (secondary N) is 2. The Bertz CT molecular complexity index is 884. The van der Waals surface area contributed by atoms with Crippen LogP contribution >= 0.6 is 11.3 Å². The molecule has 1 atom stereocenters. The van der Waals surface area contributed by atoms with Crippen molar-refractivity contribution in [2.45, 2.75) is 32.1 Å². The summed E-state index contributed by atoms with van der Waals surface area (Å²) in [6.45, 7) is 4.24. The van der Waals surface area contributed by atoms with Gasteiger partial charge in [0.1, 0.15) is 5.01 Å². The molecule has 4 heterocycles. The maximum Gasteiger partial charge on any atom is 0.226 e. The number of aromatic nitrogens is 4. The van der Waals surface area contributed by atoms with Crippen LogP contribution in [0.5, 0.6) is 0 Å². The molecule has 1 aliphatic rings. The summed E-state index contributed by atoms with van der Waals surface area (Å²) < 4.78 is 0. The van der Waals surface area contributed by atoms with E-state index in [2.05, 4.69) is 39.7 Å². The molecule has 122 valence electrons. The Balaban J connectivity index is 1.83. The number of H-pyrrole nitrogens is 1. The molecule has 24 heavy (non-hydrogen) atoms. The van der Waals surface area contributed by atoms with Crippen molar-refractivity contribution in [1.29, 1.82) is 0 Å². The molecule has 0 bridgehead atoms. The molecule has 0 aromatic carbocycles. The van der Waals surface area contributed by atoms with Gasteiger partial charge in [-0.2, -0.15) is 5.10 Å². The summed E-state index contributed by atoms with van der Waals surface area (Å²) in [5, 5.41) is 13.2. The minimum Gasteiger partial charge on any atom is -0.309 e. The molecule has 3 aromatic rings. The lowest BCUT2D eigenvalue weighted by Crippen LogP contribution is -2.23. The Morgan fingerprint density at radius 2 is 2.25 bits per heavy atom. The van der Waals surface area contributed by atoms with Gasteiger partial charge in [-0.3, -0.25) is 14.9 Å². The number of nitrogens with zero attached hydrogens (tertiary/aromatic N) is 3. The van der Waals surface area contributed by atoms with E-state index >= 15 is 0 Å². The molecule has 0 fully saturated rings. The number of carbonyl (C=O) groups is 1. The van der Waals surface area contributed by atoms with Crippen LogP contribution in [-0.4, -0.2) is 26.1 Å². The van der Waals surface area contributed by atoms with Crippen LogP contribution in [0.4, 0.5) is 5.82 Å². The van der Waals surface area contributed by atoms with Crippen molar-refractivity contribution in [2.24, 2.45) is 0 Å². The van der Waals surface area contributed by atoms with Crippen molar-refractivity contribution >= 4 is 23.1 Å². The van der Waals surface area contributed by atoms with Crippen LogP contribution in [0.3, 0.4) is 0 Å². The van der Waals surface area contributed by atoms with Crippen LogP contribution in [0.2, 0.25) is 0 Å². The lowest BCUT2D eigenvalue weighted by atomic mass is 9.90. The molecule has 0 spiro atoms. The molecule has 1 aliphatic heterocycles. The Morgan fingerprint density at radius 3 is 2.96 bits per heavy atom. The fourth-order valence-corrected chi connectivity index (χ4v) is 4.01. The van der Waals surface area contributed by atoms with Crippen LogP contribution in [-0.2, 0) is 4.79 Å². The molecular weight excluding hydrogens is 322 g/mol. The third kappa shape index (κ3) is 2.50. The molecule has 0 radical (unpaired) electrons. The summed E-state index contributed by atoms with van der Waals surface area (Å²) in [7, 11) is 0. The number of anilines is 1. The molecular formula is C17H17N5OS. The molecule has 3 aromatic heterocycles. The Kier molecular flexibility index (Phi) is 3.65. The number of thiazole rings is 1. The van der Waals surface area contributed by atoms with E-state index in [1.165, 1.54) is 0 Å². The first-order valence-electron chi connectivity index (χ1n) is 7.87. The predicted molar refractivity (Wildman–Crippen MR) is 93.1 cm³/mol. The summed E-state index contributed by atoms with van der Waals surface area (Å²) in [6, 6.07) is 3.87. The van der Waals surface area contributed by atoms with Crippen LogP contribution in [0.25, 0.3) is 11.3 Å². The zero-order valence-corrected chi connectivity index (χ0v) is 14.2. The van der Waals surface area contributed by atoms with Crippen molar-refractivity contribution in [3.05, 3.63) is 46.2 Å². The minimum atomic E-state index is -0.0831. The van der Waals surface area contributed by atoms with Crippen molar-refractivity contribution in [2.75, 3.05) is 5.32 Å². The van der Waals surface area contributed by atoms with Crippen molar-refractivity contribution < 1.29 is 4.79 Å². The van der Waals surface area contributed by atoms with Gasteiger partial charge in [0.05, 0.1) is 17.3 Å². The van der Waals surface area contributed by atoms with Crippen LogP contribution < -0.4 is 5.32 Å². The minimum absolute atomic E-state index is 0.0296. The molecule has 0 saturated heterocycles. The monoisotopic (exact) mass is 339 g/mol. The standard InChI is InChI=1S/C17H17N5OS/c1-9(2)12-8-24-17(19-12)11-6-13(23)20-16-14(11)15(21-22-16)10-4-3-5-18-7-10/h3-5,7-9,11H,6H2,1-2H3,(H2,20,21,22,23). The van der Waals surface area contributed by atoms with E-state index in [4.69, 9.17) is 4.98 Å². The summed E-state index contributed by atoms with van der Waals surface area (Å²) in [5.74, 6) is 0.851. The molecule has 1 unspecified atom stereocenters. The third-order valence-corrected chi connectivity index (χ3v) is 5.16. The zero-order chi connectivity index (χ0) is 16.7. The zero-order valence-electron chi connectivity index (χ0n) is 13.4. The number of carbonyl (C=O) groups excluding carboxylic acids is 1. The van der Waals surface area contributed by atoms with Gasteiger partial charge in [-0.25, -0.2) is 4.98 Å². The molecule has 0 aliphatic carbocycles. The van der Waals surface area contributed by atoms with E-state index in [1.807, 2.05) is 12.1 Å². The van der Waals surface area contributed by atoms with Gasteiger partial charge in [0, 0.05) is 35.3 Å². The number of rotatable bonds is 3. The quantitative estimate of drug-likeness (QED) is 0.764. The number of pyridine rings is 1. The highest BCUT2D eigenvalue weighted by molar-refractivity contribution is 7.09. The van der Waals surface area contributed by atoms with Gasteiger partial charge in [-0.05, 0) is 18.1 Å². The fraction of sp³-hybridized carbons (Fsp3) is 0.294. The SMILES string of the molecule is CC(C)c1csc(C2CC(=O)Nc3n[nH]c(-c4cccnc4)c32)n1. The van der Waals surface area contributed by atoms with E-state index in [0.29, 0.717) is 18.2 Å². The second kappa shape index (κ2) is 5.83. The van der Waals surface area contributed by atoms with Gasteiger partial charge in [-0.15, -0.1) is 11.3 Å². The van der Waals surface area contributed by atoms with E-state index in [0.717, 1.165) is 27.5 Å². The largest absolute Gasteiger partial charge is 0.309 e. The van der Waals surface area contributed by atoms with Crippen molar-refractivity contribution in [3.63, 3.8) is 0 Å². The number of fused-ring (bicyclic) bond motifs is 1. The third-order valence-electron chi connectivity index (χ3n) is 4.18. The van der Waals surface area contributed by atoms with E-state index in [1.54, 1.807) is 23.7 Å².